The molecule has 0 aliphatic rings. The summed E-state index contributed by atoms with van der Waals surface area (Å²) < 4.78 is 5.89. The molecule has 3 aromatic rings. The Bertz CT molecular complexity index is 769. The fraction of sp³-hybridized carbons (Fsp3) is 0.188. The number of furan rings is 1. The average Bonchev–Trinajstić information content (AvgIpc) is 2.94. The molecule has 0 amide bonds. The van der Waals surface area contributed by atoms with E-state index in [0.29, 0.717) is 16.4 Å². The van der Waals surface area contributed by atoms with Crippen molar-refractivity contribution in [2.24, 2.45) is 5.84 Å². The smallest absolute Gasteiger partial charge is 0.152 e. The molecule has 2 aromatic heterocycles. The predicted molar refractivity (Wildman–Crippen MR) is 84.0 cm³/mol. The lowest BCUT2D eigenvalue weighted by Crippen LogP contribution is -2.30. The zero-order valence-corrected chi connectivity index (χ0v) is 12.4. The first-order valence-corrected chi connectivity index (χ1v) is 7.20. The molecule has 3 rings (SSSR count). The lowest BCUT2D eigenvalue weighted by atomic mass is 10.0. The van der Waals surface area contributed by atoms with E-state index in [1.165, 1.54) is 0 Å². The van der Waals surface area contributed by atoms with Gasteiger partial charge in [0.05, 0.1) is 10.7 Å². The number of halogens is 1. The van der Waals surface area contributed by atoms with Crippen molar-refractivity contribution >= 4 is 22.6 Å². The van der Waals surface area contributed by atoms with Gasteiger partial charge in [-0.1, -0.05) is 36.7 Å². The van der Waals surface area contributed by atoms with Crippen molar-refractivity contribution in [3.63, 3.8) is 0 Å². The number of nitrogens with zero attached hydrogens (tertiary/aromatic N) is 1. The quantitative estimate of drug-likeness (QED) is 0.571. The second-order valence-corrected chi connectivity index (χ2v) is 5.22. The molecule has 0 fully saturated rings. The van der Waals surface area contributed by atoms with Gasteiger partial charge in [0, 0.05) is 11.6 Å². The van der Waals surface area contributed by atoms with Gasteiger partial charge in [-0.3, -0.25) is 10.8 Å². The molecule has 108 valence electrons. The van der Waals surface area contributed by atoms with Gasteiger partial charge in [-0.15, -0.1) is 0 Å². The van der Waals surface area contributed by atoms with Crippen LogP contribution in [0.4, 0.5) is 0 Å². The van der Waals surface area contributed by atoms with Gasteiger partial charge in [-0.05, 0) is 30.2 Å². The average molecular weight is 302 g/mol. The van der Waals surface area contributed by atoms with Crippen LogP contribution in [0.25, 0.3) is 11.0 Å². The van der Waals surface area contributed by atoms with Crippen molar-refractivity contribution in [1.29, 1.82) is 0 Å². The van der Waals surface area contributed by atoms with E-state index < -0.39 is 0 Å². The summed E-state index contributed by atoms with van der Waals surface area (Å²) in [5.41, 5.74) is 5.46. The number of aryl methyl sites for hydroxylation is 1. The predicted octanol–water partition coefficient (Wildman–Crippen LogP) is 3.60. The van der Waals surface area contributed by atoms with E-state index in [4.69, 9.17) is 21.9 Å². The highest BCUT2D eigenvalue weighted by molar-refractivity contribution is 6.34. The van der Waals surface area contributed by atoms with Crippen LogP contribution in [-0.4, -0.2) is 4.98 Å². The van der Waals surface area contributed by atoms with Crippen LogP contribution >= 0.6 is 11.6 Å². The number of para-hydroxylation sites is 1. The number of hydrogen-bond donors (Lipinski definition) is 2. The van der Waals surface area contributed by atoms with Crippen LogP contribution in [0.5, 0.6) is 0 Å². The first kappa shape index (κ1) is 14.1. The van der Waals surface area contributed by atoms with Crippen LogP contribution in [0.1, 0.15) is 30.0 Å². The molecule has 0 saturated heterocycles. The van der Waals surface area contributed by atoms with Gasteiger partial charge >= 0.3 is 0 Å². The van der Waals surface area contributed by atoms with Crippen molar-refractivity contribution < 1.29 is 4.42 Å². The van der Waals surface area contributed by atoms with Gasteiger partial charge in [-0.25, -0.2) is 5.43 Å². The molecule has 3 N–H and O–H groups in total. The van der Waals surface area contributed by atoms with Gasteiger partial charge in [0.1, 0.15) is 11.8 Å². The van der Waals surface area contributed by atoms with Crippen LogP contribution < -0.4 is 11.3 Å². The number of fused-ring (bicyclic) bond motifs is 1. The number of pyridine rings is 1. The van der Waals surface area contributed by atoms with E-state index in [1.54, 1.807) is 12.3 Å². The number of aromatic nitrogens is 1. The molecule has 2 heterocycles. The molecule has 1 aromatic carbocycles. The highest BCUT2D eigenvalue weighted by atomic mass is 35.5. The highest BCUT2D eigenvalue weighted by Gasteiger charge is 2.21. The number of hydrazine groups is 1. The highest BCUT2D eigenvalue weighted by Crippen LogP contribution is 2.32. The summed E-state index contributed by atoms with van der Waals surface area (Å²) in [7, 11) is 0. The second-order valence-electron chi connectivity index (χ2n) is 4.81. The van der Waals surface area contributed by atoms with Gasteiger partial charge in [0.25, 0.3) is 0 Å². The molecular formula is C16H16ClN3O. The maximum Gasteiger partial charge on any atom is 0.152 e. The zero-order chi connectivity index (χ0) is 14.8. The molecule has 0 bridgehead atoms. The monoisotopic (exact) mass is 301 g/mol. The van der Waals surface area contributed by atoms with Crippen LogP contribution in [-0.2, 0) is 6.42 Å². The molecule has 0 aliphatic heterocycles. The Balaban J connectivity index is 2.12. The standard InChI is InChI=1S/C16H16ClN3O/c1-2-10-6-4-8-19-14(10)15(20-18)13-9-11-5-3-7-12(17)16(11)21-13/h3-9,15,20H,2,18H2,1H3. The Kier molecular flexibility index (Phi) is 3.92. The zero-order valence-electron chi connectivity index (χ0n) is 11.6. The third-order valence-corrected chi connectivity index (χ3v) is 3.84. The lowest BCUT2D eigenvalue weighted by molar-refractivity contribution is 0.469. The minimum Gasteiger partial charge on any atom is -0.457 e. The third-order valence-electron chi connectivity index (χ3n) is 3.55. The van der Waals surface area contributed by atoms with Crippen molar-refractivity contribution in [3.05, 3.63) is 64.6 Å². The molecule has 21 heavy (non-hydrogen) atoms. The molecule has 1 unspecified atom stereocenters. The van der Waals surface area contributed by atoms with Crippen LogP contribution in [0.3, 0.4) is 0 Å². The van der Waals surface area contributed by atoms with E-state index in [9.17, 15) is 0 Å². The second kappa shape index (κ2) is 5.85. The Hall–Kier alpha value is -1.88. The number of rotatable bonds is 4. The first-order chi connectivity index (χ1) is 10.2. The maximum absolute atomic E-state index is 6.16. The normalized spacial score (nSPS) is 12.7. The largest absolute Gasteiger partial charge is 0.457 e. The number of benzene rings is 1. The molecule has 1 atom stereocenters. The summed E-state index contributed by atoms with van der Waals surface area (Å²) >= 11 is 6.16. The fourth-order valence-corrected chi connectivity index (χ4v) is 2.72. The Morgan fingerprint density at radius 2 is 2.19 bits per heavy atom. The molecule has 0 saturated carbocycles. The minimum atomic E-state index is -0.301. The van der Waals surface area contributed by atoms with E-state index in [-0.39, 0.29) is 6.04 Å². The summed E-state index contributed by atoms with van der Waals surface area (Å²) in [5, 5.41) is 1.54. The van der Waals surface area contributed by atoms with Crippen LogP contribution in [0, 0.1) is 0 Å². The molecule has 5 heteroatoms. The van der Waals surface area contributed by atoms with E-state index in [2.05, 4.69) is 17.3 Å². The van der Waals surface area contributed by atoms with Gasteiger partial charge in [0.15, 0.2) is 5.58 Å². The van der Waals surface area contributed by atoms with Gasteiger partial charge < -0.3 is 4.42 Å². The van der Waals surface area contributed by atoms with Gasteiger partial charge in [-0.2, -0.15) is 0 Å². The van der Waals surface area contributed by atoms with Crippen LogP contribution in [0.2, 0.25) is 5.02 Å². The van der Waals surface area contributed by atoms with E-state index >= 15 is 0 Å². The third kappa shape index (κ3) is 2.53. The lowest BCUT2D eigenvalue weighted by Gasteiger charge is -2.15. The van der Waals surface area contributed by atoms with E-state index in [1.807, 2.05) is 30.3 Å². The number of nitrogens with two attached hydrogens (primary N) is 1. The van der Waals surface area contributed by atoms with Gasteiger partial charge in [0.2, 0.25) is 0 Å². The molecule has 0 spiro atoms. The molecule has 4 nitrogen and oxygen atoms in total. The Labute approximate surface area is 127 Å². The van der Waals surface area contributed by atoms with Crippen molar-refractivity contribution in [2.75, 3.05) is 0 Å². The summed E-state index contributed by atoms with van der Waals surface area (Å²) in [4.78, 5) is 4.45. The van der Waals surface area contributed by atoms with Crippen molar-refractivity contribution in [3.8, 4) is 0 Å². The SMILES string of the molecule is CCc1cccnc1C(NN)c1cc2cccc(Cl)c2o1. The fourth-order valence-electron chi connectivity index (χ4n) is 2.50. The topological polar surface area (TPSA) is 64.1 Å². The molecule has 0 aliphatic carbocycles. The Morgan fingerprint density at radius 3 is 2.90 bits per heavy atom. The Morgan fingerprint density at radius 1 is 1.33 bits per heavy atom. The van der Waals surface area contributed by atoms with Crippen molar-refractivity contribution in [2.45, 2.75) is 19.4 Å². The molecular weight excluding hydrogens is 286 g/mol. The summed E-state index contributed by atoms with van der Waals surface area (Å²) in [5.74, 6) is 6.44. The van der Waals surface area contributed by atoms with Crippen LogP contribution in [0.15, 0.2) is 47.0 Å². The summed E-state index contributed by atoms with van der Waals surface area (Å²) in [6.07, 6.45) is 2.64. The van der Waals surface area contributed by atoms with Crippen molar-refractivity contribution in [1.82, 2.24) is 10.4 Å². The number of hydrogen-bond acceptors (Lipinski definition) is 4. The molecule has 0 radical (unpaired) electrons. The van der Waals surface area contributed by atoms with E-state index in [0.717, 1.165) is 23.1 Å². The first-order valence-electron chi connectivity index (χ1n) is 6.82. The minimum absolute atomic E-state index is 0.301. The summed E-state index contributed by atoms with van der Waals surface area (Å²) in [6, 6.07) is 11.3. The maximum atomic E-state index is 6.16. The number of nitrogens with one attached hydrogen (secondary N) is 1. The summed E-state index contributed by atoms with van der Waals surface area (Å²) in [6.45, 7) is 2.09.